The maximum Gasteiger partial charge on any atom is 0.160 e. The van der Waals surface area contributed by atoms with Gasteiger partial charge in [0.1, 0.15) is 0 Å². The van der Waals surface area contributed by atoms with Gasteiger partial charge in [-0.15, -0.1) is 0 Å². The number of benzene rings is 5. The van der Waals surface area contributed by atoms with E-state index in [1.54, 1.807) is 6.20 Å². The second-order valence-corrected chi connectivity index (χ2v) is 13.0. The van der Waals surface area contributed by atoms with Gasteiger partial charge in [-0.1, -0.05) is 152 Å². The summed E-state index contributed by atoms with van der Waals surface area (Å²) in [5, 5.41) is 0. The summed E-state index contributed by atoms with van der Waals surface area (Å²) in [5.41, 5.74) is 14.6. The lowest BCUT2D eigenvalue weighted by Crippen LogP contribution is -1.96. The van der Waals surface area contributed by atoms with Crippen molar-refractivity contribution in [2.45, 2.75) is 0 Å². The van der Waals surface area contributed by atoms with E-state index in [-0.39, 0.29) is 0 Å². The number of pyridine rings is 3. The molecular formula is C49H33N5. The Morgan fingerprint density at radius 1 is 0.241 bits per heavy atom. The summed E-state index contributed by atoms with van der Waals surface area (Å²) in [5.74, 6) is 0.698. The molecule has 0 bridgehead atoms. The Labute approximate surface area is 314 Å². The fourth-order valence-electron chi connectivity index (χ4n) is 6.58. The predicted octanol–water partition coefficient (Wildman–Crippen LogP) is 12.0. The highest BCUT2D eigenvalue weighted by Crippen LogP contribution is 2.33. The van der Waals surface area contributed by atoms with E-state index in [1.807, 2.05) is 85.1 Å². The lowest BCUT2D eigenvalue weighted by molar-refractivity contribution is 1.18. The van der Waals surface area contributed by atoms with Gasteiger partial charge in [-0.3, -0.25) is 9.97 Å². The highest BCUT2D eigenvalue weighted by atomic mass is 14.9. The van der Waals surface area contributed by atoms with Crippen LogP contribution in [0.15, 0.2) is 200 Å². The summed E-state index contributed by atoms with van der Waals surface area (Å²) in [7, 11) is 0. The van der Waals surface area contributed by atoms with E-state index in [9.17, 15) is 0 Å². The normalized spacial score (nSPS) is 11.0. The molecule has 54 heavy (non-hydrogen) atoms. The van der Waals surface area contributed by atoms with Crippen LogP contribution in [-0.2, 0) is 0 Å². The first-order valence-corrected chi connectivity index (χ1v) is 17.9. The minimum atomic E-state index is 0.698. The molecule has 5 nitrogen and oxygen atoms in total. The smallest absolute Gasteiger partial charge is 0.160 e. The van der Waals surface area contributed by atoms with Gasteiger partial charge in [0.25, 0.3) is 0 Å². The van der Waals surface area contributed by atoms with E-state index in [1.165, 1.54) is 11.1 Å². The average Bonchev–Trinajstić information content (AvgIpc) is 3.27. The molecule has 0 saturated carbocycles. The van der Waals surface area contributed by atoms with Crippen molar-refractivity contribution in [3.05, 3.63) is 200 Å². The van der Waals surface area contributed by atoms with Crippen LogP contribution in [0.4, 0.5) is 0 Å². The summed E-state index contributed by atoms with van der Waals surface area (Å²) in [6.07, 6.45) is 3.71. The molecular weight excluding hydrogens is 659 g/mol. The van der Waals surface area contributed by atoms with Crippen LogP contribution < -0.4 is 0 Å². The van der Waals surface area contributed by atoms with E-state index in [0.29, 0.717) is 5.82 Å². The van der Waals surface area contributed by atoms with Gasteiger partial charge in [0.15, 0.2) is 5.82 Å². The van der Waals surface area contributed by atoms with Crippen molar-refractivity contribution in [2.75, 3.05) is 0 Å². The second-order valence-electron chi connectivity index (χ2n) is 13.0. The molecule has 4 heterocycles. The fourth-order valence-corrected chi connectivity index (χ4v) is 6.58. The number of nitrogens with zero attached hydrogens (tertiary/aromatic N) is 5. The first-order valence-electron chi connectivity index (χ1n) is 17.9. The van der Waals surface area contributed by atoms with Crippen molar-refractivity contribution in [2.24, 2.45) is 0 Å². The quantitative estimate of drug-likeness (QED) is 0.159. The Balaban J connectivity index is 1.02. The molecule has 0 aliphatic heterocycles. The van der Waals surface area contributed by atoms with E-state index in [4.69, 9.17) is 19.9 Å². The minimum absolute atomic E-state index is 0.698. The highest BCUT2D eigenvalue weighted by molar-refractivity contribution is 5.78. The van der Waals surface area contributed by atoms with Crippen LogP contribution in [0.25, 0.3) is 90.1 Å². The molecule has 0 radical (unpaired) electrons. The summed E-state index contributed by atoms with van der Waals surface area (Å²) in [6.45, 7) is 0. The van der Waals surface area contributed by atoms with Crippen LogP contribution in [-0.4, -0.2) is 24.9 Å². The largest absolute Gasteiger partial charge is 0.255 e. The molecule has 0 aliphatic rings. The average molecular weight is 692 g/mol. The molecule has 0 spiro atoms. The van der Waals surface area contributed by atoms with Crippen molar-refractivity contribution < 1.29 is 0 Å². The Morgan fingerprint density at radius 2 is 0.685 bits per heavy atom. The number of hydrogen-bond acceptors (Lipinski definition) is 5. The van der Waals surface area contributed by atoms with Gasteiger partial charge in [0.2, 0.25) is 0 Å². The van der Waals surface area contributed by atoms with Gasteiger partial charge in [-0.05, 0) is 64.2 Å². The van der Waals surface area contributed by atoms with Gasteiger partial charge in [-0.2, -0.15) is 0 Å². The molecule has 0 amide bonds. The topological polar surface area (TPSA) is 64.5 Å². The van der Waals surface area contributed by atoms with Crippen LogP contribution >= 0.6 is 0 Å². The lowest BCUT2D eigenvalue weighted by Gasteiger charge is -2.11. The second kappa shape index (κ2) is 14.7. The molecule has 9 aromatic rings. The molecule has 0 atom stereocenters. The van der Waals surface area contributed by atoms with Crippen molar-refractivity contribution in [3.63, 3.8) is 0 Å². The van der Waals surface area contributed by atoms with Crippen LogP contribution in [0.5, 0.6) is 0 Å². The maximum atomic E-state index is 5.03. The summed E-state index contributed by atoms with van der Waals surface area (Å²) in [4.78, 5) is 24.5. The van der Waals surface area contributed by atoms with E-state index >= 15 is 0 Å². The lowest BCUT2D eigenvalue weighted by atomic mass is 9.99. The molecule has 9 rings (SSSR count). The molecule has 5 aromatic carbocycles. The zero-order valence-electron chi connectivity index (χ0n) is 29.3. The third-order valence-corrected chi connectivity index (χ3v) is 9.45. The Morgan fingerprint density at radius 3 is 1.24 bits per heavy atom. The molecule has 4 aromatic heterocycles. The van der Waals surface area contributed by atoms with Crippen LogP contribution in [0.2, 0.25) is 0 Å². The summed E-state index contributed by atoms with van der Waals surface area (Å²) >= 11 is 0. The first kappa shape index (κ1) is 32.5. The van der Waals surface area contributed by atoms with Gasteiger partial charge in [0, 0.05) is 34.6 Å². The third-order valence-electron chi connectivity index (χ3n) is 9.45. The first-order chi connectivity index (χ1) is 26.7. The Kier molecular flexibility index (Phi) is 8.86. The van der Waals surface area contributed by atoms with Crippen LogP contribution in [0.1, 0.15) is 0 Å². The predicted molar refractivity (Wildman–Crippen MR) is 219 cm³/mol. The maximum absolute atomic E-state index is 5.03. The van der Waals surface area contributed by atoms with Crippen molar-refractivity contribution in [3.8, 4) is 90.1 Å². The van der Waals surface area contributed by atoms with Gasteiger partial charge in [0.05, 0.1) is 34.2 Å². The Hall–Kier alpha value is -7.37. The number of rotatable bonds is 8. The van der Waals surface area contributed by atoms with Crippen LogP contribution in [0, 0.1) is 0 Å². The Bertz CT molecular complexity index is 2590. The molecule has 0 fully saturated rings. The van der Waals surface area contributed by atoms with Gasteiger partial charge in [-0.25, -0.2) is 15.0 Å². The summed E-state index contributed by atoms with van der Waals surface area (Å²) < 4.78 is 0. The molecule has 0 N–H and O–H groups in total. The van der Waals surface area contributed by atoms with Gasteiger partial charge < -0.3 is 0 Å². The highest BCUT2D eigenvalue weighted by Gasteiger charge is 2.13. The zero-order valence-corrected chi connectivity index (χ0v) is 29.3. The minimum Gasteiger partial charge on any atom is -0.255 e. The molecule has 0 saturated heterocycles. The van der Waals surface area contributed by atoms with Crippen molar-refractivity contribution in [1.29, 1.82) is 0 Å². The zero-order chi connectivity index (χ0) is 36.1. The van der Waals surface area contributed by atoms with Crippen molar-refractivity contribution >= 4 is 0 Å². The van der Waals surface area contributed by atoms with Crippen LogP contribution in [0.3, 0.4) is 0 Å². The van der Waals surface area contributed by atoms with E-state index < -0.39 is 0 Å². The number of hydrogen-bond donors (Lipinski definition) is 0. The van der Waals surface area contributed by atoms with E-state index in [2.05, 4.69) is 114 Å². The van der Waals surface area contributed by atoms with Gasteiger partial charge >= 0.3 is 0 Å². The molecule has 0 unspecified atom stereocenters. The SMILES string of the molecule is c1ccc(-c2ccc(-c3cc(-c4ccccn4)nc(-c4ccc(-c5ccc(-c6cc(-c7ccccc7)nc(-c7ccccc7)n6)cc5)cn4)c3)cc2)cc1. The fraction of sp³-hybridized carbons (Fsp3) is 0. The number of aromatic nitrogens is 5. The van der Waals surface area contributed by atoms with Crippen molar-refractivity contribution in [1.82, 2.24) is 24.9 Å². The standard InChI is InChI=1S/C49H33N5/c1-4-12-34(13-5-1)35-19-21-37(22-20-35)42-30-47(43-18-10-11-29-50-43)52-48(31-42)44-28-27-41(33-51-44)36-23-25-39(26-24-36)46-32-45(38-14-6-2-7-15-38)53-49(54-46)40-16-8-3-9-17-40/h1-33H. The third kappa shape index (κ3) is 6.94. The van der Waals surface area contributed by atoms with E-state index in [0.717, 1.165) is 73.1 Å². The summed E-state index contributed by atoms with van der Waals surface area (Å²) in [6, 6.07) is 64.2. The molecule has 5 heteroatoms. The monoisotopic (exact) mass is 691 g/mol. The molecule has 254 valence electrons. The molecule has 0 aliphatic carbocycles.